The third kappa shape index (κ3) is 10.4. The van der Waals surface area contributed by atoms with Crippen molar-refractivity contribution in [2.45, 2.75) is 209 Å². The van der Waals surface area contributed by atoms with Crippen LogP contribution >= 0.6 is 0 Å². The van der Waals surface area contributed by atoms with Gasteiger partial charge in [0.25, 0.3) is 0 Å². The Kier molecular flexibility index (Phi) is 18.9. The Hall–Kier alpha value is -1.31. The number of nitrogens with one attached hydrogen (secondary N) is 2. The minimum atomic E-state index is -0.733. The smallest absolute Gasteiger partial charge is 0.435 e. The van der Waals surface area contributed by atoms with E-state index in [1.54, 1.807) is 6.92 Å². The number of aliphatic hydroxyl groups is 6. The third-order valence-electron chi connectivity index (χ3n) is 22.4. The molecule has 8 N–H and O–H groups in total. The van der Waals surface area contributed by atoms with Crippen molar-refractivity contribution >= 4 is 11.9 Å². The van der Waals surface area contributed by atoms with E-state index < -0.39 is 36.3 Å². The van der Waals surface area contributed by atoms with Crippen molar-refractivity contribution in [1.29, 1.82) is 5.41 Å². The minimum absolute atomic E-state index is 0. The second-order valence-corrected chi connectivity index (χ2v) is 25.5. The van der Waals surface area contributed by atoms with Crippen molar-refractivity contribution in [2.24, 2.45) is 105 Å². The van der Waals surface area contributed by atoms with Crippen LogP contribution in [-0.4, -0.2) is 102 Å². The Bertz CT molecular complexity index is 2020. The van der Waals surface area contributed by atoms with Crippen LogP contribution in [0.5, 0.6) is 0 Å². The maximum atomic E-state index is 11.8. The second kappa shape index (κ2) is 22.7. The Balaban J connectivity index is 0.000000227. The molecule has 15 heteroatoms. The van der Waals surface area contributed by atoms with Crippen molar-refractivity contribution in [3.05, 3.63) is 16.4 Å². The number of carbonyl (C=O) groups is 1. The van der Waals surface area contributed by atoms with Gasteiger partial charge in [-0.15, -0.1) is 0 Å². The van der Waals surface area contributed by atoms with E-state index in [0.29, 0.717) is 54.0 Å². The molecule has 0 spiro atoms. The number of aliphatic hydroxyl groups excluding tert-OH is 6. The summed E-state index contributed by atoms with van der Waals surface area (Å²) in [5.74, 6) is 3.22. The summed E-state index contributed by atoms with van der Waals surface area (Å²) in [5, 5.41) is 80.3. The van der Waals surface area contributed by atoms with E-state index >= 15 is 0 Å². The average molecular weight is 1220 g/mol. The monoisotopic (exact) mass is 1220 g/mol. The van der Waals surface area contributed by atoms with E-state index in [1.807, 2.05) is 0 Å². The number of ether oxygens (including phenoxy) is 2. The minimum Gasteiger partial charge on any atom is -0.435 e. The number of nitrogens with zero attached hydrogens (tertiary/aromatic N) is 1. The number of carbonyl (C=O) groups excluding carboxylic acids is 1. The third-order valence-corrected chi connectivity index (χ3v) is 22.4. The van der Waals surface area contributed by atoms with Gasteiger partial charge in [-0.2, -0.15) is 0 Å². The van der Waals surface area contributed by atoms with E-state index in [9.17, 15) is 40.2 Å². The largest absolute Gasteiger partial charge is 0.508 e. The Morgan fingerprint density at radius 1 is 0.718 bits per heavy atom. The molecule has 14 nitrogen and oxygen atoms in total. The van der Waals surface area contributed by atoms with Crippen LogP contribution in [0.1, 0.15) is 172 Å². The molecule has 8 fully saturated rings. The molecular weight excluding hydrogens is 1130 g/mol. The topological polar surface area (TPSA) is 240 Å². The standard InChI is InChI=1S/C29H49NO6.C26H42N2O5.CH4.U/c1-6-19-22-13-18(31)10-11-28(22,4)25-23(32)14-29(5)20(8-9-21(29)24(25)26(19)33)16(3)12-17(30)15-36-27(34)35-7-2;1-5-15-18-11-14(29)8-9-25(18,3)22-19(30)12-26(4)16(6-7-17(26)21(22)23(15)31)13(2)10-20-27-24(32)33-28-20;;/h16,18-26,30-33H,6-15H2,1-5H3;13-19,21-23,29-31H,5-12H2,1-4H3,(H,27,28,32);1H4;/t16-,18-,19-,20-,21?,22+,23+,24?,25?,26-,28+,29-;13-,14-,15-,16-,17?,18+,19+,21?,22?,23-,25+,26-;;/m11../s1. The summed E-state index contributed by atoms with van der Waals surface area (Å²) >= 11 is 0. The van der Waals surface area contributed by atoms with Crippen LogP contribution in [0.4, 0.5) is 4.79 Å². The van der Waals surface area contributed by atoms with Crippen LogP contribution in [0.15, 0.2) is 9.32 Å². The summed E-state index contributed by atoms with van der Waals surface area (Å²) < 4.78 is 14.6. The fourth-order valence-corrected chi connectivity index (χ4v) is 19.8. The predicted molar refractivity (Wildman–Crippen MR) is 268 cm³/mol. The van der Waals surface area contributed by atoms with Crippen LogP contribution in [0.25, 0.3) is 0 Å². The number of aromatic amines is 1. The Labute approximate surface area is 448 Å². The molecule has 1 heterocycles. The first-order valence-corrected chi connectivity index (χ1v) is 27.6. The summed E-state index contributed by atoms with van der Waals surface area (Å²) in [5.41, 5.74) is 0.145. The number of aromatic nitrogens is 2. The molecule has 8 aliphatic carbocycles. The average Bonchev–Trinajstić information content (AvgIpc) is 3.97. The number of hydrogen-bond donors (Lipinski definition) is 8. The molecule has 0 saturated heterocycles. The van der Waals surface area contributed by atoms with E-state index in [-0.39, 0.29) is 139 Å². The first-order valence-electron chi connectivity index (χ1n) is 27.6. The molecule has 0 aromatic carbocycles. The van der Waals surface area contributed by atoms with Crippen molar-refractivity contribution in [3.63, 3.8) is 0 Å². The zero-order valence-electron chi connectivity index (χ0n) is 43.9. The van der Waals surface area contributed by atoms with Crippen molar-refractivity contribution in [1.82, 2.24) is 10.1 Å². The van der Waals surface area contributed by atoms with E-state index in [2.05, 4.69) is 65.5 Å². The summed E-state index contributed by atoms with van der Waals surface area (Å²) in [6.07, 6.45) is 10.6. The molecule has 9 rings (SSSR count). The van der Waals surface area contributed by atoms with Crippen LogP contribution in [0.3, 0.4) is 0 Å². The number of fused-ring (bicyclic) bond motifs is 10. The van der Waals surface area contributed by atoms with Gasteiger partial charge in [0.1, 0.15) is 6.61 Å². The number of hydrogen-bond acceptors (Lipinski definition) is 13. The van der Waals surface area contributed by atoms with Gasteiger partial charge in [0, 0.05) is 43.2 Å². The van der Waals surface area contributed by atoms with Gasteiger partial charge in [-0.05, 0) is 195 Å². The molecule has 1 aromatic heterocycles. The summed E-state index contributed by atoms with van der Waals surface area (Å²) in [4.78, 5) is 25.6. The van der Waals surface area contributed by atoms with Gasteiger partial charge in [-0.25, -0.2) is 9.59 Å². The van der Waals surface area contributed by atoms with E-state index in [4.69, 9.17) is 19.4 Å². The zero-order valence-corrected chi connectivity index (χ0v) is 48.1. The molecule has 24 atom stereocenters. The number of rotatable bonds is 11. The maximum Gasteiger partial charge on any atom is 0.508 e. The van der Waals surface area contributed by atoms with Gasteiger partial charge in [0.15, 0.2) is 5.82 Å². The van der Waals surface area contributed by atoms with Gasteiger partial charge >= 0.3 is 11.9 Å². The van der Waals surface area contributed by atoms with Gasteiger partial charge in [-0.1, -0.05) is 80.8 Å². The van der Waals surface area contributed by atoms with Crippen molar-refractivity contribution < 1.29 is 80.5 Å². The van der Waals surface area contributed by atoms with Gasteiger partial charge in [0.2, 0.25) is 0 Å². The van der Waals surface area contributed by atoms with Crippen LogP contribution < -0.4 is 5.76 Å². The molecular formula is C56H95N3O11U. The van der Waals surface area contributed by atoms with Crippen LogP contribution in [0.2, 0.25) is 0 Å². The summed E-state index contributed by atoms with van der Waals surface area (Å²) in [6, 6.07) is 0. The maximum absolute atomic E-state index is 11.8. The van der Waals surface area contributed by atoms with Crippen molar-refractivity contribution in [2.75, 3.05) is 13.2 Å². The molecule has 404 valence electrons. The Morgan fingerprint density at radius 2 is 1.18 bits per heavy atom. The van der Waals surface area contributed by atoms with E-state index in [1.165, 1.54) is 0 Å². The Morgan fingerprint density at radius 3 is 1.61 bits per heavy atom. The zero-order chi connectivity index (χ0) is 50.1. The molecule has 0 radical (unpaired) electrons. The fraction of sp³-hybridized carbons (Fsp3) is 0.929. The normalized spacial score (nSPS) is 47.1. The first kappa shape index (κ1) is 58.9. The fourth-order valence-electron chi connectivity index (χ4n) is 19.8. The summed E-state index contributed by atoms with van der Waals surface area (Å²) in [6.45, 7) is 20.0. The van der Waals surface area contributed by atoms with Crippen LogP contribution in [-0.2, 0) is 15.9 Å². The molecule has 6 unspecified atom stereocenters. The molecule has 0 amide bonds. The molecule has 8 saturated carbocycles. The first-order chi connectivity index (χ1) is 32.6. The summed E-state index contributed by atoms with van der Waals surface area (Å²) in [7, 11) is 0. The SMILES string of the molecule is C.CCOC(=O)OCC(=N)C[C@@H](C)[C@H]1CCC2C3C([C@@H](O)C[C@@]21C)[C@@]1(C)CC[C@@H](O)C[C@H]1[C@@H](CC)[C@H]3O.CC[C@H]1[C@@H](O)C2C3CC[C@H]([C@H](C)Cc4noc(=O)[nH]4)[C@@]3(C)C[C@H](O)C2[C@@]2(C)CC[C@@H](O)C[C@@H]12.[U]. The molecule has 8 aliphatic rings. The molecule has 0 aliphatic heterocycles. The van der Waals surface area contributed by atoms with Gasteiger partial charge in [-0.3, -0.25) is 9.51 Å². The molecule has 0 bridgehead atoms. The quantitative estimate of drug-likeness (QED) is 0.0768. The van der Waals surface area contributed by atoms with Gasteiger partial charge < -0.3 is 45.5 Å². The molecule has 1 aromatic rings. The van der Waals surface area contributed by atoms with E-state index in [0.717, 1.165) is 89.9 Å². The van der Waals surface area contributed by atoms with Crippen molar-refractivity contribution in [3.8, 4) is 0 Å². The van der Waals surface area contributed by atoms with Crippen LogP contribution in [0, 0.1) is 141 Å². The molecule has 71 heavy (non-hydrogen) atoms. The second-order valence-electron chi connectivity index (χ2n) is 25.5. The number of H-pyrrole nitrogens is 1. The predicted octanol–water partition coefficient (Wildman–Crippen LogP) is 8.58. The van der Waals surface area contributed by atoms with Gasteiger partial charge in [0.05, 0.1) is 43.2 Å².